The molecule has 3 rings (SSSR count). The molecule has 3 aromatic rings. The van der Waals surface area contributed by atoms with Crippen LogP contribution in [0.5, 0.6) is 0 Å². The molecule has 0 saturated heterocycles. The number of hydrogen-bond acceptors (Lipinski definition) is 2. The normalized spacial score (nSPS) is 11.3. The second kappa shape index (κ2) is 9.39. The summed E-state index contributed by atoms with van der Waals surface area (Å²) in [4.78, 5) is 12.7. The molecule has 0 saturated carbocycles. The zero-order valence-electron chi connectivity index (χ0n) is 14.1. The second-order valence-corrected chi connectivity index (χ2v) is 6.14. The molecule has 3 N–H and O–H groups in total. The van der Waals surface area contributed by atoms with Crippen LogP contribution in [0.2, 0.25) is 5.02 Å². The maximum Gasteiger partial charge on any atom is 0.251 e. The maximum atomic E-state index is 12.7. The van der Waals surface area contributed by atoms with Crippen LogP contribution in [0.3, 0.4) is 0 Å². The third-order valence-electron chi connectivity index (χ3n) is 4.05. The summed E-state index contributed by atoms with van der Waals surface area (Å²) in [6.07, 6.45) is 0. The van der Waals surface area contributed by atoms with Crippen molar-refractivity contribution in [2.75, 3.05) is 6.54 Å². The Labute approximate surface area is 164 Å². The number of halogens is 2. The summed E-state index contributed by atoms with van der Waals surface area (Å²) >= 11 is 6.26. The van der Waals surface area contributed by atoms with Crippen molar-refractivity contribution < 1.29 is 4.79 Å². The Kier molecular flexibility index (Phi) is 7.22. The molecule has 3 nitrogen and oxygen atoms in total. The molecule has 134 valence electrons. The van der Waals surface area contributed by atoms with Crippen LogP contribution in [-0.2, 0) is 0 Å². The lowest BCUT2D eigenvalue weighted by molar-refractivity contribution is 0.0938. The number of hydrogen-bond donors (Lipinski definition) is 2. The van der Waals surface area contributed by atoms with Gasteiger partial charge in [0.2, 0.25) is 0 Å². The number of rotatable bonds is 5. The Morgan fingerprint density at radius 1 is 0.962 bits per heavy atom. The predicted molar refractivity (Wildman–Crippen MR) is 110 cm³/mol. The highest BCUT2D eigenvalue weighted by atomic mass is 35.5. The Morgan fingerprint density at radius 3 is 2.35 bits per heavy atom. The van der Waals surface area contributed by atoms with Gasteiger partial charge in [0.1, 0.15) is 0 Å². The average molecular weight is 387 g/mol. The van der Waals surface area contributed by atoms with Gasteiger partial charge in [-0.2, -0.15) is 0 Å². The van der Waals surface area contributed by atoms with Gasteiger partial charge in [-0.3, -0.25) is 4.79 Å². The Balaban J connectivity index is 0.00000243. The van der Waals surface area contributed by atoms with Crippen LogP contribution in [0.4, 0.5) is 0 Å². The first-order chi connectivity index (χ1) is 12.2. The van der Waals surface area contributed by atoms with E-state index < -0.39 is 0 Å². The lowest BCUT2D eigenvalue weighted by atomic mass is 10.0. The smallest absolute Gasteiger partial charge is 0.251 e. The maximum absolute atomic E-state index is 12.7. The van der Waals surface area contributed by atoms with Crippen LogP contribution >= 0.6 is 24.0 Å². The number of carbonyl (C=O) groups is 1. The standard InChI is InChI=1S/C21H19ClN2O.ClH/c22-19-12-5-4-11-18(19)16-9-6-10-17(13-16)21(25)24-20(14-23)15-7-2-1-3-8-15;/h1-13,20H,14,23H2,(H,24,25);1H/t20-;/m0./s1. The van der Waals surface area contributed by atoms with Gasteiger partial charge >= 0.3 is 0 Å². The molecule has 0 fully saturated rings. The molecule has 0 heterocycles. The summed E-state index contributed by atoms with van der Waals surface area (Å²) in [7, 11) is 0. The van der Waals surface area contributed by atoms with E-state index >= 15 is 0 Å². The minimum atomic E-state index is -0.224. The van der Waals surface area contributed by atoms with E-state index in [1.807, 2.05) is 72.8 Å². The van der Waals surface area contributed by atoms with Crippen molar-refractivity contribution in [3.63, 3.8) is 0 Å². The first-order valence-electron chi connectivity index (χ1n) is 8.10. The van der Waals surface area contributed by atoms with Gasteiger partial charge in [0, 0.05) is 22.7 Å². The van der Waals surface area contributed by atoms with E-state index in [1.165, 1.54) is 0 Å². The van der Waals surface area contributed by atoms with Gasteiger partial charge in [-0.25, -0.2) is 0 Å². The van der Waals surface area contributed by atoms with Crippen LogP contribution < -0.4 is 11.1 Å². The number of benzene rings is 3. The van der Waals surface area contributed by atoms with Gasteiger partial charge in [-0.1, -0.05) is 72.3 Å². The van der Waals surface area contributed by atoms with Crippen LogP contribution in [0, 0.1) is 0 Å². The average Bonchev–Trinajstić information content (AvgIpc) is 2.67. The van der Waals surface area contributed by atoms with Gasteiger partial charge in [-0.15, -0.1) is 12.4 Å². The van der Waals surface area contributed by atoms with Crippen LogP contribution in [0.15, 0.2) is 78.9 Å². The topological polar surface area (TPSA) is 55.1 Å². The fraction of sp³-hybridized carbons (Fsp3) is 0.0952. The van der Waals surface area contributed by atoms with Crippen molar-refractivity contribution in [2.24, 2.45) is 5.73 Å². The minimum Gasteiger partial charge on any atom is -0.344 e. The van der Waals surface area contributed by atoms with E-state index in [0.29, 0.717) is 17.1 Å². The lowest BCUT2D eigenvalue weighted by Crippen LogP contribution is -2.33. The van der Waals surface area contributed by atoms with Gasteiger partial charge in [0.15, 0.2) is 0 Å². The highest BCUT2D eigenvalue weighted by Crippen LogP contribution is 2.28. The van der Waals surface area contributed by atoms with Crippen molar-refractivity contribution >= 4 is 29.9 Å². The summed E-state index contributed by atoms with van der Waals surface area (Å²) in [6, 6.07) is 24.5. The molecular formula is C21H20Cl2N2O. The lowest BCUT2D eigenvalue weighted by Gasteiger charge is -2.17. The van der Waals surface area contributed by atoms with Crippen molar-refractivity contribution in [1.82, 2.24) is 5.32 Å². The number of carbonyl (C=O) groups excluding carboxylic acids is 1. The Hall–Kier alpha value is -2.33. The molecule has 3 aromatic carbocycles. The molecule has 1 amide bonds. The van der Waals surface area contributed by atoms with E-state index in [2.05, 4.69) is 5.32 Å². The van der Waals surface area contributed by atoms with Gasteiger partial charge in [0.25, 0.3) is 5.91 Å². The highest BCUT2D eigenvalue weighted by molar-refractivity contribution is 6.33. The summed E-state index contributed by atoms with van der Waals surface area (Å²) in [5, 5.41) is 3.65. The molecule has 0 aliphatic carbocycles. The zero-order valence-corrected chi connectivity index (χ0v) is 15.6. The fourth-order valence-electron chi connectivity index (χ4n) is 2.73. The summed E-state index contributed by atoms with van der Waals surface area (Å²) in [5.74, 6) is -0.159. The molecule has 0 unspecified atom stereocenters. The predicted octanol–water partition coefficient (Wildman–Crippen LogP) is 4.86. The number of nitrogens with two attached hydrogens (primary N) is 1. The molecule has 0 aliphatic heterocycles. The van der Waals surface area contributed by atoms with Crippen molar-refractivity contribution in [3.8, 4) is 11.1 Å². The third kappa shape index (κ3) is 4.64. The van der Waals surface area contributed by atoms with Crippen molar-refractivity contribution in [2.45, 2.75) is 6.04 Å². The fourth-order valence-corrected chi connectivity index (χ4v) is 2.97. The van der Waals surface area contributed by atoms with Crippen LogP contribution in [-0.4, -0.2) is 12.5 Å². The van der Waals surface area contributed by atoms with E-state index in [-0.39, 0.29) is 24.4 Å². The summed E-state index contributed by atoms with van der Waals surface area (Å²) in [5.41, 5.74) is 9.21. The van der Waals surface area contributed by atoms with Crippen LogP contribution in [0.1, 0.15) is 22.0 Å². The third-order valence-corrected chi connectivity index (χ3v) is 4.38. The van der Waals surface area contributed by atoms with Gasteiger partial charge in [-0.05, 0) is 29.3 Å². The van der Waals surface area contributed by atoms with Gasteiger partial charge < -0.3 is 11.1 Å². The zero-order chi connectivity index (χ0) is 17.6. The molecule has 26 heavy (non-hydrogen) atoms. The van der Waals surface area contributed by atoms with E-state index in [4.69, 9.17) is 17.3 Å². The van der Waals surface area contributed by atoms with E-state index in [9.17, 15) is 4.79 Å². The first kappa shape index (κ1) is 20.0. The van der Waals surface area contributed by atoms with Crippen LogP contribution in [0.25, 0.3) is 11.1 Å². The largest absolute Gasteiger partial charge is 0.344 e. The Bertz CT molecular complexity index is 869. The first-order valence-corrected chi connectivity index (χ1v) is 8.47. The molecule has 0 bridgehead atoms. The molecule has 1 atom stereocenters. The minimum absolute atomic E-state index is 0. The molecule has 0 spiro atoms. The van der Waals surface area contributed by atoms with Crippen molar-refractivity contribution in [1.29, 1.82) is 0 Å². The Morgan fingerprint density at radius 2 is 1.65 bits per heavy atom. The molecule has 0 aliphatic rings. The SMILES string of the molecule is Cl.NC[C@H](NC(=O)c1cccc(-c2ccccc2Cl)c1)c1ccccc1. The number of nitrogens with one attached hydrogen (secondary N) is 1. The summed E-state index contributed by atoms with van der Waals surface area (Å²) in [6.45, 7) is 0.333. The molecule has 0 radical (unpaired) electrons. The van der Waals surface area contributed by atoms with Gasteiger partial charge in [0.05, 0.1) is 6.04 Å². The molecular weight excluding hydrogens is 367 g/mol. The van der Waals surface area contributed by atoms with E-state index in [1.54, 1.807) is 6.07 Å². The molecule has 0 aromatic heterocycles. The van der Waals surface area contributed by atoms with Crippen molar-refractivity contribution in [3.05, 3.63) is 95.0 Å². The molecule has 5 heteroatoms. The van der Waals surface area contributed by atoms with E-state index in [0.717, 1.165) is 16.7 Å². The monoisotopic (exact) mass is 386 g/mol. The highest BCUT2D eigenvalue weighted by Gasteiger charge is 2.15. The summed E-state index contributed by atoms with van der Waals surface area (Å²) < 4.78 is 0. The second-order valence-electron chi connectivity index (χ2n) is 5.73. The number of amides is 1. The quantitative estimate of drug-likeness (QED) is 0.657.